The minimum Gasteiger partial charge on any atom is -0.0744 e. The summed E-state index contributed by atoms with van der Waals surface area (Å²) in [7, 11) is 0. The summed E-state index contributed by atoms with van der Waals surface area (Å²) in [6.45, 7) is 4.55. The Morgan fingerprint density at radius 2 is 1.80 bits per heavy atom. The van der Waals surface area contributed by atoms with Crippen molar-refractivity contribution in [2.24, 2.45) is 0 Å². The summed E-state index contributed by atoms with van der Waals surface area (Å²) in [4.78, 5) is 0. The zero-order valence-corrected chi connectivity index (χ0v) is 7.24. The Balaban J connectivity index is 2.51. The van der Waals surface area contributed by atoms with Gasteiger partial charge in [-0.1, -0.05) is 24.5 Å². The molecule has 1 fully saturated rings. The van der Waals surface area contributed by atoms with E-state index in [9.17, 15) is 0 Å². The molecule has 1 rings (SSSR count). The third kappa shape index (κ3) is 1.86. The molecule has 0 saturated heterocycles. The Hall–Kier alpha value is -0.260. The van der Waals surface area contributed by atoms with Crippen LogP contribution in [-0.2, 0) is 0 Å². The normalized spacial score (nSPS) is 19.2. The molecular formula is C10H18. The van der Waals surface area contributed by atoms with Crippen LogP contribution in [0.25, 0.3) is 0 Å². The highest BCUT2D eigenvalue weighted by molar-refractivity contribution is 5.12. The highest BCUT2D eigenvalue weighted by Gasteiger charge is 2.06. The van der Waals surface area contributed by atoms with Gasteiger partial charge in [0.25, 0.3) is 0 Å². The molecule has 0 aromatic rings. The van der Waals surface area contributed by atoms with E-state index in [2.05, 4.69) is 13.8 Å². The summed E-state index contributed by atoms with van der Waals surface area (Å²) in [5.41, 5.74) is 3.41. The first-order chi connectivity index (χ1) is 4.84. The quantitative estimate of drug-likeness (QED) is 0.485. The van der Waals surface area contributed by atoms with Crippen LogP contribution in [-0.4, -0.2) is 0 Å². The van der Waals surface area contributed by atoms with Crippen LogP contribution < -0.4 is 0 Å². The van der Waals surface area contributed by atoms with Crippen LogP contribution in [0, 0.1) is 0 Å². The van der Waals surface area contributed by atoms with Crippen LogP contribution in [0.3, 0.4) is 0 Å². The van der Waals surface area contributed by atoms with E-state index in [4.69, 9.17) is 0 Å². The maximum atomic E-state index is 2.29. The molecule has 0 nitrogen and oxygen atoms in total. The first kappa shape index (κ1) is 7.84. The fourth-order valence-corrected chi connectivity index (χ4v) is 1.66. The molecule has 0 bridgehead atoms. The standard InChI is InChI=1S/C10H18/c1-3-9(2)10-7-5-4-6-8-10/h3-8H2,1-2H3. The molecule has 10 heavy (non-hydrogen) atoms. The van der Waals surface area contributed by atoms with Gasteiger partial charge in [-0.25, -0.2) is 0 Å². The molecule has 0 aromatic heterocycles. The van der Waals surface area contributed by atoms with Gasteiger partial charge in [-0.05, 0) is 39.0 Å². The van der Waals surface area contributed by atoms with Crippen molar-refractivity contribution in [3.8, 4) is 0 Å². The minimum atomic E-state index is 1.26. The molecule has 0 unspecified atom stereocenters. The summed E-state index contributed by atoms with van der Waals surface area (Å²) in [6.07, 6.45) is 8.37. The Morgan fingerprint density at radius 3 is 2.30 bits per heavy atom. The predicted molar refractivity (Wildman–Crippen MR) is 46.1 cm³/mol. The molecule has 1 aliphatic rings. The molecule has 0 spiro atoms. The van der Waals surface area contributed by atoms with Gasteiger partial charge >= 0.3 is 0 Å². The van der Waals surface area contributed by atoms with Gasteiger partial charge in [0, 0.05) is 0 Å². The van der Waals surface area contributed by atoms with Gasteiger partial charge in [-0.15, -0.1) is 0 Å². The largest absolute Gasteiger partial charge is 0.0744 e. The highest BCUT2D eigenvalue weighted by Crippen LogP contribution is 2.26. The van der Waals surface area contributed by atoms with Crippen molar-refractivity contribution in [3.63, 3.8) is 0 Å². The summed E-state index contributed by atoms with van der Waals surface area (Å²) in [6, 6.07) is 0. The third-order valence-electron chi connectivity index (χ3n) is 2.59. The van der Waals surface area contributed by atoms with Gasteiger partial charge in [-0.2, -0.15) is 0 Å². The second kappa shape index (κ2) is 3.80. The lowest BCUT2D eigenvalue weighted by Crippen LogP contribution is -1.96. The minimum absolute atomic E-state index is 1.26. The summed E-state index contributed by atoms with van der Waals surface area (Å²) >= 11 is 0. The van der Waals surface area contributed by atoms with E-state index in [0.29, 0.717) is 0 Å². The maximum absolute atomic E-state index is 2.29. The second-order valence-corrected chi connectivity index (χ2v) is 3.30. The van der Waals surface area contributed by atoms with E-state index in [1.165, 1.54) is 38.5 Å². The van der Waals surface area contributed by atoms with Gasteiger partial charge in [0.2, 0.25) is 0 Å². The molecule has 0 heteroatoms. The second-order valence-electron chi connectivity index (χ2n) is 3.30. The van der Waals surface area contributed by atoms with Gasteiger partial charge < -0.3 is 0 Å². The Labute approximate surface area is 64.3 Å². The van der Waals surface area contributed by atoms with E-state index < -0.39 is 0 Å². The maximum Gasteiger partial charge on any atom is -0.0318 e. The molecule has 0 atom stereocenters. The third-order valence-corrected chi connectivity index (χ3v) is 2.59. The number of allylic oxidation sites excluding steroid dienone is 2. The number of hydrogen-bond donors (Lipinski definition) is 0. The van der Waals surface area contributed by atoms with E-state index in [-0.39, 0.29) is 0 Å². The molecule has 0 heterocycles. The lowest BCUT2D eigenvalue weighted by molar-refractivity contribution is 0.591. The van der Waals surface area contributed by atoms with Crippen molar-refractivity contribution in [3.05, 3.63) is 11.1 Å². The number of rotatable bonds is 1. The van der Waals surface area contributed by atoms with E-state index in [0.717, 1.165) is 0 Å². The van der Waals surface area contributed by atoms with Crippen LogP contribution in [0.5, 0.6) is 0 Å². The monoisotopic (exact) mass is 138 g/mol. The SMILES string of the molecule is CCC(C)=C1CCCCC1. The first-order valence-electron chi connectivity index (χ1n) is 4.52. The summed E-state index contributed by atoms with van der Waals surface area (Å²) in [5.74, 6) is 0. The lowest BCUT2D eigenvalue weighted by Gasteiger charge is -2.16. The van der Waals surface area contributed by atoms with Crippen molar-refractivity contribution in [1.29, 1.82) is 0 Å². The van der Waals surface area contributed by atoms with Crippen molar-refractivity contribution in [2.75, 3.05) is 0 Å². The average Bonchev–Trinajstić information content (AvgIpc) is 2.05. The topological polar surface area (TPSA) is 0 Å². The Bertz CT molecular complexity index is 123. The Morgan fingerprint density at radius 1 is 1.20 bits per heavy atom. The predicted octanol–water partition coefficient (Wildman–Crippen LogP) is 3.68. The van der Waals surface area contributed by atoms with Crippen LogP contribution in [0.15, 0.2) is 11.1 Å². The zero-order chi connectivity index (χ0) is 7.40. The molecular weight excluding hydrogens is 120 g/mol. The van der Waals surface area contributed by atoms with Crippen molar-refractivity contribution in [1.82, 2.24) is 0 Å². The number of hydrogen-bond acceptors (Lipinski definition) is 0. The summed E-state index contributed by atoms with van der Waals surface area (Å²) < 4.78 is 0. The zero-order valence-electron chi connectivity index (χ0n) is 7.24. The van der Waals surface area contributed by atoms with Crippen LogP contribution in [0.2, 0.25) is 0 Å². The lowest BCUT2D eigenvalue weighted by atomic mass is 9.91. The van der Waals surface area contributed by atoms with Crippen LogP contribution >= 0.6 is 0 Å². The van der Waals surface area contributed by atoms with Gasteiger partial charge in [0.1, 0.15) is 0 Å². The Kier molecular flexibility index (Phi) is 2.98. The average molecular weight is 138 g/mol. The molecule has 58 valence electrons. The molecule has 0 aliphatic heterocycles. The molecule has 0 amide bonds. The van der Waals surface area contributed by atoms with Crippen molar-refractivity contribution < 1.29 is 0 Å². The van der Waals surface area contributed by atoms with Crippen molar-refractivity contribution >= 4 is 0 Å². The van der Waals surface area contributed by atoms with E-state index in [1.807, 2.05) is 0 Å². The van der Waals surface area contributed by atoms with Gasteiger partial charge in [-0.3, -0.25) is 0 Å². The molecule has 1 saturated carbocycles. The van der Waals surface area contributed by atoms with E-state index >= 15 is 0 Å². The highest BCUT2D eigenvalue weighted by atomic mass is 14.1. The molecule has 0 N–H and O–H groups in total. The van der Waals surface area contributed by atoms with Gasteiger partial charge in [0.05, 0.1) is 0 Å². The first-order valence-corrected chi connectivity index (χ1v) is 4.52. The van der Waals surface area contributed by atoms with E-state index in [1.54, 1.807) is 11.1 Å². The van der Waals surface area contributed by atoms with Gasteiger partial charge in [0.15, 0.2) is 0 Å². The fourth-order valence-electron chi connectivity index (χ4n) is 1.66. The summed E-state index contributed by atoms with van der Waals surface area (Å²) in [5, 5.41) is 0. The van der Waals surface area contributed by atoms with Crippen LogP contribution in [0.4, 0.5) is 0 Å². The smallest absolute Gasteiger partial charge is 0.0318 e. The fraction of sp³-hybridized carbons (Fsp3) is 0.800. The molecule has 0 aromatic carbocycles. The van der Waals surface area contributed by atoms with Crippen LogP contribution in [0.1, 0.15) is 52.4 Å². The molecule has 0 radical (unpaired) electrons. The molecule has 1 aliphatic carbocycles. The van der Waals surface area contributed by atoms with Crippen molar-refractivity contribution in [2.45, 2.75) is 52.4 Å².